The number of anilines is 1. The van der Waals surface area contributed by atoms with Crippen LogP contribution in [0.4, 0.5) is 18.9 Å². The highest BCUT2D eigenvalue weighted by Crippen LogP contribution is 2.34. The molecule has 2 heterocycles. The molecule has 0 aliphatic carbocycles. The molecule has 1 aromatic heterocycles. The summed E-state index contributed by atoms with van der Waals surface area (Å²) in [7, 11) is 1.41. The number of ether oxygens (including phenoxy) is 4. The first-order valence-electron chi connectivity index (χ1n) is 11.3. The topological polar surface area (TPSA) is 102 Å². The van der Waals surface area contributed by atoms with E-state index in [4.69, 9.17) is 18.9 Å². The first-order valence-corrected chi connectivity index (χ1v) is 11.3. The number of alkyl halides is 3. The molecule has 8 nitrogen and oxygen atoms in total. The van der Waals surface area contributed by atoms with Crippen molar-refractivity contribution in [2.75, 3.05) is 25.6 Å². The van der Waals surface area contributed by atoms with E-state index in [2.05, 4.69) is 10.3 Å². The molecule has 2 aromatic carbocycles. The van der Waals surface area contributed by atoms with Crippen LogP contribution in [-0.2, 0) is 25.1 Å². The van der Waals surface area contributed by atoms with Crippen molar-refractivity contribution >= 4 is 16.6 Å². The fourth-order valence-corrected chi connectivity index (χ4v) is 4.06. The molecule has 1 aliphatic rings. The molecule has 194 valence electrons. The molecule has 1 fully saturated rings. The summed E-state index contributed by atoms with van der Waals surface area (Å²) in [5.74, 6) is 0. The Morgan fingerprint density at radius 3 is 2.58 bits per heavy atom. The van der Waals surface area contributed by atoms with Crippen LogP contribution >= 0.6 is 0 Å². The van der Waals surface area contributed by atoms with E-state index in [1.54, 1.807) is 0 Å². The quantitative estimate of drug-likeness (QED) is 0.398. The van der Waals surface area contributed by atoms with Gasteiger partial charge >= 0.3 is 6.18 Å². The first kappa shape index (κ1) is 26.1. The highest BCUT2D eigenvalue weighted by Gasteiger charge is 2.35. The SMILES string of the molecule is CO[C@@H](OC1COC(c2ccccc2)O[C@H]1C)[C@H](CO)Nc1ccc2c(C(F)(F)F)cc(=O)[nH]c2c1. The normalized spacial score (nSPS) is 22.3. The van der Waals surface area contributed by atoms with Gasteiger partial charge in [-0.2, -0.15) is 13.2 Å². The molecule has 3 aromatic rings. The number of H-pyrrole nitrogens is 1. The van der Waals surface area contributed by atoms with E-state index in [9.17, 15) is 23.1 Å². The number of hydrogen-bond donors (Lipinski definition) is 3. The van der Waals surface area contributed by atoms with E-state index in [1.807, 2.05) is 37.3 Å². The largest absolute Gasteiger partial charge is 0.417 e. The Labute approximate surface area is 204 Å². The van der Waals surface area contributed by atoms with Gasteiger partial charge in [0.15, 0.2) is 12.6 Å². The summed E-state index contributed by atoms with van der Waals surface area (Å²) < 4.78 is 63.2. The van der Waals surface area contributed by atoms with Crippen LogP contribution in [-0.4, -0.2) is 55.0 Å². The molecular formula is C25H27F3N2O6. The number of halogens is 3. The zero-order valence-electron chi connectivity index (χ0n) is 19.6. The maximum absolute atomic E-state index is 13.3. The van der Waals surface area contributed by atoms with Crippen molar-refractivity contribution in [3.05, 3.63) is 76.1 Å². The van der Waals surface area contributed by atoms with Crippen LogP contribution in [0, 0.1) is 0 Å². The Hall–Kier alpha value is -2.96. The number of methoxy groups -OCH3 is 1. The van der Waals surface area contributed by atoms with Crippen molar-refractivity contribution in [1.82, 2.24) is 4.98 Å². The van der Waals surface area contributed by atoms with Gasteiger partial charge < -0.3 is 34.4 Å². The van der Waals surface area contributed by atoms with Crippen molar-refractivity contribution in [2.24, 2.45) is 0 Å². The molecule has 3 N–H and O–H groups in total. The minimum absolute atomic E-state index is 0.000978. The van der Waals surface area contributed by atoms with Crippen molar-refractivity contribution in [1.29, 1.82) is 0 Å². The van der Waals surface area contributed by atoms with E-state index in [1.165, 1.54) is 25.3 Å². The fraction of sp³-hybridized carbons (Fsp3) is 0.400. The molecule has 0 bridgehead atoms. The Kier molecular flexibility index (Phi) is 7.96. The van der Waals surface area contributed by atoms with Crippen LogP contribution in [0.2, 0.25) is 0 Å². The van der Waals surface area contributed by atoms with E-state index < -0.39 is 48.6 Å². The maximum Gasteiger partial charge on any atom is 0.417 e. The van der Waals surface area contributed by atoms with E-state index in [-0.39, 0.29) is 23.6 Å². The summed E-state index contributed by atoms with van der Waals surface area (Å²) in [5, 5.41) is 12.8. The number of pyridine rings is 1. The van der Waals surface area contributed by atoms with Crippen LogP contribution in [0.15, 0.2) is 59.4 Å². The van der Waals surface area contributed by atoms with Crippen molar-refractivity contribution in [3.63, 3.8) is 0 Å². The molecule has 2 unspecified atom stereocenters. The van der Waals surface area contributed by atoms with Gasteiger partial charge in [-0.1, -0.05) is 36.4 Å². The Balaban J connectivity index is 1.46. The molecule has 0 saturated carbocycles. The average molecular weight is 508 g/mol. The number of aliphatic hydroxyl groups excluding tert-OH is 1. The van der Waals surface area contributed by atoms with E-state index >= 15 is 0 Å². The Morgan fingerprint density at radius 1 is 1.19 bits per heavy atom. The minimum atomic E-state index is -4.68. The van der Waals surface area contributed by atoms with E-state index in [0.29, 0.717) is 11.8 Å². The van der Waals surface area contributed by atoms with Gasteiger partial charge in [-0.05, 0) is 19.1 Å². The Bertz CT molecular complexity index is 1220. The van der Waals surface area contributed by atoms with Crippen LogP contribution < -0.4 is 10.9 Å². The molecule has 1 aliphatic heterocycles. The minimum Gasteiger partial charge on any atom is -0.394 e. The molecule has 36 heavy (non-hydrogen) atoms. The standard InChI is InChI=1S/C25H27F3N2O6/c1-14-21(13-34-23(35-14)15-6-4-3-5-7-15)36-24(33-2)20(12-31)29-16-8-9-17-18(25(26,27)28)11-22(32)30-19(17)10-16/h3-11,14,20-21,23-24,29,31H,12-13H2,1-2H3,(H,30,32)/t14-,20-,21?,23?,24-/m0/s1. The third-order valence-electron chi connectivity index (χ3n) is 5.91. The second-order valence-electron chi connectivity index (χ2n) is 8.43. The lowest BCUT2D eigenvalue weighted by Gasteiger charge is -2.37. The molecule has 0 radical (unpaired) electrons. The monoisotopic (exact) mass is 508 g/mol. The number of rotatable bonds is 8. The second-order valence-corrected chi connectivity index (χ2v) is 8.43. The lowest BCUT2D eigenvalue weighted by atomic mass is 10.1. The first-order chi connectivity index (χ1) is 17.2. The smallest absolute Gasteiger partial charge is 0.394 e. The van der Waals surface area contributed by atoms with Gasteiger partial charge in [0.05, 0.1) is 30.4 Å². The summed E-state index contributed by atoms with van der Waals surface area (Å²) in [6.45, 7) is 1.65. The van der Waals surface area contributed by atoms with Crippen LogP contribution in [0.3, 0.4) is 0 Å². The molecule has 1 saturated heterocycles. The van der Waals surface area contributed by atoms with Gasteiger partial charge in [-0.3, -0.25) is 4.79 Å². The summed E-state index contributed by atoms with van der Waals surface area (Å²) in [4.78, 5) is 14.2. The summed E-state index contributed by atoms with van der Waals surface area (Å²) in [6, 6.07) is 13.2. The summed E-state index contributed by atoms with van der Waals surface area (Å²) >= 11 is 0. The van der Waals surface area contributed by atoms with Gasteiger partial charge in [0.2, 0.25) is 5.56 Å². The molecule has 11 heteroatoms. The maximum atomic E-state index is 13.3. The number of benzene rings is 2. The number of aliphatic hydroxyl groups is 1. The number of aromatic amines is 1. The molecular weight excluding hydrogens is 481 g/mol. The highest BCUT2D eigenvalue weighted by molar-refractivity contribution is 5.85. The number of aromatic nitrogens is 1. The summed E-state index contributed by atoms with van der Waals surface area (Å²) in [6.07, 6.45) is -7.01. The van der Waals surface area contributed by atoms with Gasteiger partial charge in [0.1, 0.15) is 12.1 Å². The highest BCUT2D eigenvalue weighted by atomic mass is 19.4. The van der Waals surface area contributed by atoms with Crippen LogP contribution in [0.5, 0.6) is 0 Å². The number of hydrogen-bond acceptors (Lipinski definition) is 7. The third-order valence-corrected chi connectivity index (χ3v) is 5.91. The van der Waals surface area contributed by atoms with Gasteiger partial charge in [0, 0.05) is 29.8 Å². The van der Waals surface area contributed by atoms with E-state index in [0.717, 1.165) is 5.56 Å². The van der Waals surface area contributed by atoms with Gasteiger partial charge in [0.25, 0.3) is 0 Å². The lowest BCUT2D eigenvalue weighted by molar-refractivity contribution is -0.290. The summed E-state index contributed by atoms with van der Waals surface area (Å²) in [5.41, 5.74) is -0.658. The van der Waals surface area contributed by atoms with Crippen LogP contribution in [0.25, 0.3) is 10.9 Å². The predicted molar refractivity (Wildman–Crippen MR) is 125 cm³/mol. The van der Waals surface area contributed by atoms with Crippen molar-refractivity contribution in [3.8, 4) is 0 Å². The average Bonchev–Trinajstić information content (AvgIpc) is 2.86. The molecule has 5 atom stereocenters. The zero-order valence-corrected chi connectivity index (χ0v) is 19.6. The van der Waals surface area contributed by atoms with Crippen molar-refractivity contribution < 1.29 is 37.2 Å². The number of nitrogens with one attached hydrogen (secondary N) is 2. The lowest BCUT2D eigenvalue weighted by Crippen LogP contribution is -2.48. The van der Waals surface area contributed by atoms with Gasteiger partial charge in [-0.25, -0.2) is 0 Å². The zero-order chi connectivity index (χ0) is 25.9. The van der Waals surface area contributed by atoms with Crippen LogP contribution in [0.1, 0.15) is 24.3 Å². The third kappa shape index (κ3) is 5.88. The Morgan fingerprint density at radius 2 is 1.94 bits per heavy atom. The molecule has 0 amide bonds. The van der Waals surface area contributed by atoms with Gasteiger partial charge in [-0.15, -0.1) is 0 Å². The van der Waals surface area contributed by atoms with Crippen molar-refractivity contribution in [2.45, 2.75) is 43.9 Å². The predicted octanol–water partition coefficient (Wildman–Crippen LogP) is 3.81. The number of fused-ring (bicyclic) bond motifs is 1. The fourth-order valence-electron chi connectivity index (χ4n) is 4.06. The molecule has 0 spiro atoms. The second kappa shape index (κ2) is 11.0. The molecule has 4 rings (SSSR count).